The van der Waals surface area contributed by atoms with E-state index in [1.807, 2.05) is 36.4 Å². The number of rotatable bonds is 10. The van der Waals surface area contributed by atoms with Gasteiger partial charge in [0, 0.05) is 0 Å². The molecule has 0 aliphatic heterocycles. The number of fused-ring (bicyclic) bond motifs is 1. The van der Waals surface area contributed by atoms with Crippen LogP contribution in [-0.2, 0) is 16.6 Å². The van der Waals surface area contributed by atoms with Crippen LogP contribution >= 0.6 is 34.8 Å². The fraction of sp³-hybridized carbons (Fsp3) is 0.192. The van der Waals surface area contributed by atoms with Crippen molar-refractivity contribution in [3.63, 3.8) is 0 Å². The first kappa shape index (κ1) is 27.9. The standard InChI is InChI=1S/C26H24AsCl3N2O4S/c1-27(2)12-13-35-23-14-17(10-11-19(23)28)16-36-26-22(15-18-6-3-4-8-21(18)31-26)32-37(33,34)24-9-5-7-20(29)25(24)30/h3-11,14-15,32H,12-13,16H2,1-2H3. The Morgan fingerprint density at radius 1 is 0.919 bits per heavy atom. The topological polar surface area (TPSA) is 77.5 Å². The molecule has 0 aliphatic rings. The summed E-state index contributed by atoms with van der Waals surface area (Å²) in [5.41, 5.74) is 6.15. The zero-order valence-electron chi connectivity index (χ0n) is 20.0. The van der Waals surface area contributed by atoms with Gasteiger partial charge in [0.2, 0.25) is 0 Å². The van der Waals surface area contributed by atoms with Crippen molar-refractivity contribution in [1.82, 2.24) is 4.98 Å². The number of nitrogens with zero attached hydrogens (tertiary/aromatic N) is 1. The summed E-state index contributed by atoms with van der Waals surface area (Å²) in [6.07, 6.45) is 0. The van der Waals surface area contributed by atoms with Crippen molar-refractivity contribution in [2.75, 3.05) is 11.3 Å². The summed E-state index contributed by atoms with van der Waals surface area (Å²) in [7, 11) is -4.09. The molecule has 4 aromatic rings. The van der Waals surface area contributed by atoms with Crippen LogP contribution in [0.1, 0.15) is 5.56 Å². The van der Waals surface area contributed by atoms with Gasteiger partial charge in [0.25, 0.3) is 0 Å². The summed E-state index contributed by atoms with van der Waals surface area (Å²) in [6, 6.07) is 18.8. The molecule has 37 heavy (non-hydrogen) atoms. The third-order valence-corrected chi connectivity index (χ3v) is 10.2. The van der Waals surface area contributed by atoms with Gasteiger partial charge in [0.05, 0.1) is 10.0 Å². The molecule has 194 valence electrons. The van der Waals surface area contributed by atoms with Gasteiger partial charge in [-0.25, -0.2) is 8.42 Å². The van der Waals surface area contributed by atoms with Crippen LogP contribution in [0.3, 0.4) is 0 Å². The predicted molar refractivity (Wildman–Crippen MR) is 153 cm³/mol. The molecule has 0 saturated heterocycles. The minimum absolute atomic E-state index is 0.0677. The maximum atomic E-state index is 13.2. The Balaban J connectivity index is 1.62. The van der Waals surface area contributed by atoms with E-state index in [1.165, 1.54) is 18.2 Å². The molecule has 0 unspecified atom stereocenters. The number of aromatic nitrogens is 1. The van der Waals surface area contributed by atoms with E-state index in [9.17, 15) is 8.42 Å². The van der Waals surface area contributed by atoms with Gasteiger partial charge in [0.15, 0.2) is 0 Å². The zero-order chi connectivity index (χ0) is 26.6. The van der Waals surface area contributed by atoms with E-state index in [-0.39, 0.29) is 33.1 Å². The van der Waals surface area contributed by atoms with Crippen molar-refractivity contribution in [1.29, 1.82) is 0 Å². The Labute approximate surface area is 236 Å². The average molecular weight is 642 g/mol. The van der Waals surface area contributed by atoms with Gasteiger partial charge in [-0.3, -0.25) is 0 Å². The quantitative estimate of drug-likeness (QED) is 0.180. The molecule has 0 saturated carbocycles. The molecular weight excluding hydrogens is 618 g/mol. The van der Waals surface area contributed by atoms with Crippen LogP contribution < -0.4 is 14.2 Å². The number of ether oxygens (including phenoxy) is 2. The molecule has 6 nitrogen and oxygen atoms in total. The van der Waals surface area contributed by atoms with Crippen molar-refractivity contribution in [3.05, 3.63) is 87.4 Å². The minimum atomic E-state index is -4.09. The molecular formula is C26H24AsCl3N2O4S. The van der Waals surface area contributed by atoms with Crippen LogP contribution in [-0.4, -0.2) is 34.7 Å². The number of nitrogens with one attached hydrogen (secondary N) is 1. The first-order valence-electron chi connectivity index (χ1n) is 11.2. The van der Waals surface area contributed by atoms with Crippen molar-refractivity contribution >= 4 is 76.1 Å². The SMILES string of the molecule is C[As](C)CCOc1cc(COc2nc3ccccc3cc2NS(=O)(=O)c2cccc(Cl)c2Cl)ccc1Cl. The number of sulfonamides is 1. The maximum absolute atomic E-state index is 13.2. The number of benzene rings is 3. The molecule has 1 N–H and O–H groups in total. The van der Waals surface area contributed by atoms with E-state index >= 15 is 0 Å². The van der Waals surface area contributed by atoms with Gasteiger partial charge in [-0.05, 0) is 12.1 Å². The number of para-hydroxylation sites is 1. The summed E-state index contributed by atoms with van der Waals surface area (Å²) in [5.74, 6) is 0.700. The fourth-order valence-corrected chi connectivity index (χ4v) is 6.35. The van der Waals surface area contributed by atoms with Gasteiger partial charge in [0.1, 0.15) is 4.90 Å². The van der Waals surface area contributed by atoms with Gasteiger partial charge >= 0.3 is 154 Å². The zero-order valence-corrected chi connectivity index (χ0v) is 25.0. The van der Waals surface area contributed by atoms with E-state index in [1.54, 1.807) is 12.1 Å². The van der Waals surface area contributed by atoms with Gasteiger partial charge < -0.3 is 0 Å². The van der Waals surface area contributed by atoms with Gasteiger partial charge in [-0.2, -0.15) is 0 Å². The summed E-state index contributed by atoms with van der Waals surface area (Å²) in [5, 5.41) is 2.37. The molecule has 0 amide bonds. The second-order valence-corrected chi connectivity index (χ2v) is 16.7. The molecule has 0 aliphatic carbocycles. The van der Waals surface area contributed by atoms with E-state index < -0.39 is 24.7 Å². The van der Waals surface area contributed by atoms with Crippen molar-refractivity contribution in [2.45, 2.75) is 28.1 Å². The number of anilines is 1. The Morgan fingerprint density at radius 3 is 2.49 bits per heavy atom. The summed E-state index contributed by atoms with van der Waals surface area (Å²) >= 11 is 17.7. The van der Waals surface area contributed by atoms with E-state index in [2.05, 4.69) is 21.1 Å². The average Bonchev–Trinajstić information content (AvgIpc) is 2.85. The van der Waals surface area contributed by atoms with Crippen molar-refractivity contribution in [3.8, 4) is 11.6 Å². The van der Waals surface area contributed by atoms with Crippen LogP contribution in [0.5, 0.6) is 11.6 Å². The van der Waals surface area contributed by atoms with Crippen LogP contribution in [0.2, 0.25) is 31.7 Å². The molecule has 4 rings (SSSR count). The fourth-order valence-electron chi connectivity index (χ4n) is 3.41. The first-order chi connectivity index (χ1) is 17.6. The molecule has 1 aromatic heterocycles. The summed E-state index contributed by atoms with van der Waals surface area (Å²) < 4.78 is 40.9. The van der Waals surface area contributed by atoms with Crippen molar-refractivity contribution < 1.29 is 17.9 Å². The van der Waals surface area contributed by atoms with Crippen LogP contribution in [0.25, 0.3) is 10.9 Å². The molecule has 0 spiro atoms. The molecule has 0 atom stereocenters. The van der Waals surface area contributed by atoms with E-state index in [4.69, 9.17) is 44.3 Å². The second-order valence-electron chi connectivity index (χ2n) is 8.40. The molecule has 0 bridgehead atoms. The Kier molecular flexibility index (Phi) is 9.15. The predicted octanol–water partition coefficient (Wildman–Crippen LogP) is 7.71. The van der Waals surface area contributed by atoms with Crippen LogP contribution in [0.15, 0.2) is 71.6 Å². The van der Waals surface area contributed by atoms with Crippen LogP contribution in [0.4, 0.5) is 5.69 Å². The Hall–Kier alpha value is -2.15. The van der Waals surface area contributed by atoms with E-state index in [0.29, 0.717) is 22.9 Å². The third kappa shape index (κ3) is 7.04. The van der Waals surface area contributed by atoms with Crippen molar-refractivity contribution in [2.24, 2.45) is 0 Å². The number of pyridine rings is 1. The van der Waals surface area contributed by atoms with E-state index in [0.717, 1.165) is 16.2 Å². The number of halogens is 3. The normalized spacial score (nSPS) is 11.6. The Morgan fingerprint density at radius 2 is 1.70 bits per heavy atom. The Bertz CT molecular complexity index is 1530. The summed E-state index contributed by atoms with van der Waals surface area (Å²) in [6.45, 7) is 0.728. The molecule has 0 radical (unpaired) electrons. The molecule has 1 heterocycles. The number of hydrogen-bond acceptors (Lipinski definition) is 5. The molecule has 3 aromatic carbocycles. The first-order valence-corrected chi connectivity index (χ1v) is 18.9. The molecule has 0 fully saturated rings. The molecule has 11 heteroatoms. The van der Waals surface area contributed by atoms with Crippen LogP contribution in [0, 0.1) is 0 Å². The second kappa shape index (κ2) is 12.1. The third-order valence-electron chi connectivity index (χ3n) is 5.31. The van der Waals surface area contributed by atoms with Gasteiger partial charge in [-0.15, -0.1) is 0 Å². The number of hydrogen-bond donors (Lipinski definition) is 1. The van der Waals surface area contributed by atoms with Gasteiger partial charge in [-0.1, -0.05) is 47.5 Å². The summed E-state index contributed by atoms with van der Waals surface area (Å²) in [4.78, 5) is 4.41. The monoisotopic (exact) mass is 640 g/mol.